The predicted molar refractivity (Wildman–Crippen MR) is 58.5 cm³/mol. The Morgan fingerprint density at radius 1 is 1.60 bits per heavy atom. The lowest BCUT2D eigenvalue weighted by Gasteiger charge is -2.20. The molecule has 0 aromatic carbocycles. The lowest BCUT2D eigenvalue weighted by molar-refractivity contribution is 0.0995. The molecule has 1 aliphatic rings. The maximum Gasteiger partial charge on any atom is 0.131 e. The van der Waals surface area contributed by atoms with Crippen molar-refractivity contribution in [3.05, 3.63) is 12.4 Å². The summed E-state index contributed by atoms with van der Waals surface area (Å²) in [6, 6.07) is 1.98. The zero-order chi connectivity index (χ0) is 10.7. The van der Waals surface area contributed by atoms with E-state index < -0.39 is 0 Å². The number of nitrogens with zero attached hydrogens (tertiary/aromatic N) is 2. The molecule has 0 bridgehead atoms. The number of anilines is 2. The third-order valence-corrected chi connectivity index (χ3v) is 2.59. The van der Waals surface area contributed by atoms with Crippen molar-refractivity contribution in [3.8, 4) is 0 Å². The maximum atomic E-state index is 5.58. The molecule has 1 saturated heterocycles. The van der Waals surface area contributed by atoms with Crippen molar-refractivity contribution >= 4 is 11.6 Å². The van der Waals surface area contributed by atoms with Gasteiger partial charge in [-0.15, -0.1) is 0 Å². The van der Waals surface area contributed by atoms with Crippen LogP contribution in [0.3, 0.4) is 0 Å². The van der Waals surface area contributed by atoms with Gasteiger partial charge >= 0.3 is 0 Å². The summed E-state index contributed by atoms with van der Waals surface area (Å²) < 4.78 is 5.58. The van der Waals surface area contributed by atoms with Crippen LogP contribution >= 0.6 is 0 Å². The lowest BCUT2D eigenvalue weighted by atomic mass is 10.1. The number of nitrogen functional groups attached to an aromatic ring is 1. The zero-order valence-electron chi connectivity index (χ0n) is 8.81. The first kappa shape index (κ1) is 10.2. The Bertz CT molecular complexity index is 325. The number of hydrogen-bond donors (Lipinski definition) is 2. The highest BCUT2D eigenvalue weighted by atomic mass is 16.5. The Balaban J connectivity index is 1.95. The van der Waals surface area contributed by atoms with Crippen molar-refractivity contribution in [1.29, 1.82) is 0 Å². The summed E-state index contributed by atoms with van der Waals surface area (Å²) in [5, 5.41) is 3.27. The van der Waals surface area contributed by atoms with Crippen LogP contribution < -0.4 is 11.1 Å². The number of ether oxygens (including phenoxy) is 1. The number of nitrogens with two attached hydrogens (primary N) is 1. The monoisotopic (exact) mass is 208 g/mol. The van der Waals surface area contributed by atoms with Crippen LogP contribution in [0.4, 0.5) is 11.6 Å². The quantitative estimate of drug-likeness (QED) is 0.776. The highest BCUT2D eigenvalue weighted by molar-refractivity contribution is 5.43. The molecular formula is C10H16N4O. The molecular weight excluding hydrogens is 192 g/mol. The van der Waals surface area contributed by atoms with Gasteiger partial charge in [0.25, 0.3) is 0 Å². The number of hydrogen-bond acceptors (Lipinski definition) is 5. The van der Waals surface area contributed by atoms with Crippen molar-refractivity contribution in [2.45, 2.75) is 31.9 Å². The van der Waals surface area contributed by atoms with Gasteiger partial charge in [0.05, 0.1) is 12.1 Å². The first-order chi connectivity index (χ1) is 7.25. The molecule has 0 radical (unpaired) electrons. The highest BCUT2D eigenvalue weighted by Crippen LogP contribution is 2.18. The molecule has 2 rings (SSSR count). The molecule has 0 aliphatic carbocycles. The SMILES string of the molecule is CC(Nc1cc(N)ncn1)C1CCCO1. The van der Waals surface area contributed by atoms with E-state index in [-0.39, 0.29) is 12.1 Å². The van der Waals surface area contributed by atoms with Crippen LogP contribution in [0.1, 0.15) is 19.8 Å². The molecule has 82 valence electrons. The van der Waals surface area contributed by atoms with Gasteiger partial charge < -0.3 is 15.8 Å². The van der Waals surface area contributed by atoms with Crippen molar-refractivity contribution in [2.75, 3.05) is 17.7 Å². The second-order valence-electron chi connectivity index (χ2n) is 3.81. The van der Waals surface area contributed by atoms with E-state index in [1.807, 2.05) is 0 Å². The van der Waals surface area contributed by atoms with Gasteiger partial charge in [-0.05, 0) is 19.8 Å². The van der Waals surface area contributed by atoms with Crippen LogP contribution in [-0.2, 0) is 4.74 Å². The molecule has 1 aromatic rings. The fraction of sp³-hybridized carbons (Fsp3) is 0.600. The van der Waals surface area contributed by atoms with E-state index in [0.29, 0.717) is 5.82 Å². The molecule has 0 spiro atoms. The number of aromatic nitrogens is 2. The molecule has 5 nitrogen and oxygen atoms in total. The minimum absolute atomic E-state index is 0.252. The van der Waals surface area contributed by atoms with E-state index in [4.69, 9.17) is 10.5 Å². The van der Waals surface area contributed by atoms with Gasteiger partial charge in [0.2, 0.25) is 0 Å². The van der Waals surface area contributed by atoms with Gasteiger partial charge in [0, 0.05) is 12.7 Å². The van der Waals surface area contributed by atoms with E-state index in [9.17, 15) is 0 Å². The smallest absolute Gasteiger partial charge is 0.131 e. The second-order valence-corrected chi connectivity index (χ2v) is 3.81. The Kier molecular flexibility index (Phi) is 3.01. The van der Waals surface area contributed by atoms with Crippen molar-refractivity contribution in [1.82, 2.24) is 9.97 Å². The summed E-state index contributed by atoms with van der Waals surface area (Å²) in [6.45, 7) is 2.96. The van der Waals surface area contributed by atoms with E-state index in [1.165, 1.54) is 6.33 Å². The van der Waals surface area contributed by atoms with E-state index in [0.717, 1.165) is 25.3 Å². The summed E-state index contributed by atoms with van der Waals surface area (Å²) in [5.41, 5.74) is 5.57. The minimum Gasteiger partial charge on any atom is -0.384 e. The summed E-state index contributed by atoms with van der Waals surface area (Å²) in [4.78, 5) is 7.93. The Hall–Kier alpha value is -1.36. The maximum absolute atomic E-state index is 5.58. The van der Waals surface area contributed by atoms with E-state index in [2.05, 4.69) is 22.2 Å². The van der Waals surface area contributed by atoms with Crippen LogP contribution in [0, 0.1) is 0 Å². The average Bonchev–Trinajstić information content (AvgIpc) is 2.70. The first-order valence-electron chi connectivity index (χ1n) is 5.21. The molecule has 0 saturated carbocycles. The average molecular weight is 208 g/mol. The van der Waals surface area contributed by atoms with Crippen LogP contribution in [0.25, 0.3) is 0 Å². The fourth-order valence-corrected chi connectivity index (χ4v) is 1.77. The van der Waals surface area contributed by atoms with E-state index in [1.54, 1.807) is 6.07 Å². The molecule has 0 amide bonds. The van der Waals surface area contributed by atoms with Crippen LogP contribution in [0.2, 0.25) is 0 Å². The summed E-state index contributed by atoms with van der Waals surface area (Å²) in [6.07, 6.45) is 3.98. The summed E-state index contributed by atoms with van der Waals surface area (Å²) in [5.74, 6) is 1.23. The fourth-order valence-electron chi connectivity index (χ4n) is 1.77. The van der Waals surface area contributed by atoms with Gasteiger partial charge in [-0.2, -0.15) is 0 Å². The molecule has 3 N–H and O–H groups in total. The first-order valence-corrected chi connectivity index (χ1v) is 5.21. The van der Waals surface area contributed by atoms with Gasteiger partial charge in [-0.25, -0.2) is 9.97 Å². The van der Waals surface area contributed by atoms with Crippen molar-refractivity contribution in [2.24, 2.45) is 0 Å². The van der Waals surface area contributed by atoms with Gasteiger partial charge in [-0.1, -0.05) is 0 Å². The van der Waals surface area contributed by atoms with E-state index >= 15 is 0 Å². The summed E-state index contributed by atoms with van der Waals surface area (Å²) in [7, 11) is 0. The van der Waals surface area contributed by atoms with Gasteiger partial charge in [0.15, 0.2) is 0 Å². The van der Waals surface area contributed by atoms with Crippen LogP contribution in [0.15, 0.2) is 12.4 Å². The van der Waals surface area contributed by atoms with Gasteiger partial charge in [-0.3, -0.25) is 0 Å². The second kappa shape index (κ2) is 4.44. The molecule has 15 heavy (non-hydrogen) atoms. The Morgan fingerprint density at radius 3 is 3.13 bits per heavy atom. The largest absolute Gasteiger partial charge is 0.384 e. The minimum atomic E-state index is 0.252. The van der Waals surface area contributed by atoms with Gasteiger partial charge in [0.1, 0.15) is 18.0 Å². The zero-order valence-corrected chi connectivity index (χ0v) is 8.81. The standard InChI is InChI=1S/C10H16N4O/c1-7(8-3-2-4-15-8)14-10-5-9(11)12-6-13-10/h5-8H,2-4H2,1H3,(H3,11,12,13,14). The Morgan fingerprint density at radius 2 is 2.47 bits per heavy atom. The third kappa shape index (κ3) is 2.56. The normalized spacial score (nSPS) is 22.6. The third-order valence-electron chi connectivity index (χ3n) is 2.59. The molecule has 1 aromatic heterocycles. The summed E-state index contributed by atoms with van der Waals surface area (Å²) >= 11 is 0. The van der Waals surface area contributed by atoms with Crippen molar-refractivity contribution in [3.63, 3.8) is 0 Å². The number of rotatable bonds is 3. The highest BCUT2D eigenvalue weighted by Gasteiger charge is 2.22. The number of nitrogens with one attached hydrogen (secondary N) is 1. The molecule has 1 aliphatic heterocycles. The molecule has 1 fully saturated rings. The molecule has 2 atom stereocenters. The predicted octanol–water partition coefficient (Wildman–Crippen LogP) is 1.04. The Labute approximate surface area is 89.1 Å². The topological polar surface area (TPSA) is 73.1 Å². The molecule has 5 heteroatoms. The van der Waals surface area contributed by atoms with Crippen LogP contribution in [-0.4, -0.2) is 28.7 Å². The molecule has 2 unspecified atom stereocenters. The molecule has 2 heterocycles. The van der Waals surface area contributed by atoms with Crippen molar-refractivity contribution < 1.29 is 4.74 Å². The lowest BCUT2D eigenvalue weighted by Crippen LogP contribution is -2.30. The van der Waals surface area contributed by atoms with Crippen LogP contribution in [0.5, 0.6) is 0 Å².